The number of benzene rings is 2. The fraction of sp³-hybridized carbons (Fsp3) is 0.0588. The monoisotopic (exact) mass is 409 g/mol. The van der Waals surface area contributed by atoms with Gasteiger partial charge in [0.25, 0.3) is 11.6 Å². The Balaban J connectivity index is 1.94. The van der Waals surface area contributed by atoms with Gasteiger partial charge in [-0.1, -0.05) is 17.7 Å². The maximum atomic E-state index is 13.8. The first-order chi connectivity index (χ1) is 12.8. The van der Waals surface area contributed by atoms with E-state index in [1.54, 1.807) is 0 Å². The average molecular weight is 410 g/mol. The summed E-state index contributed by atoms with van der Waals surface area (Å²) in [5.41, 5.74) is 0.0172. The number of nitrogens with zero attached hydrogens (tertiary/aromatic N) is 3. The van der Waals surface area contributed by atoms with Crippen molar-refractivity contribution in [3.63, 3.8) is 0 Å². The molecule has 0 N–H and O–H groups in total. The zero-order valence-corrected chi connectivity index (χ0v) is 15.2. The van der Waals surface area contributed by atoms with Gasteiger partial charge in [-0.3, -0.25) is 19.8 Å². The number of likely N-dealkylation sites (N-methyl/N-ethyl adjacent to an activating group) is 1. The van der Waals surface area contributed by atoms with Crippen LogP contribution in [0.3, 0.4) is 0 Å². The molecule has 2 aromatic rings. The van der Waals surface area contributed by atoms with Crippen molar-refractivity contribution < 1.29 is 18.5 Å². The van der Waals surface area contributed by atoms with Crippen molar-refractivity contribution >= 4 is 51.9 Å². The van der Waals surface area contributed by atoms with Crippen LogP contribution in [-0.2, 0) is 4.79 Å². The van der Waals surface area contributed by atoms with Crippen molar-refractivity contribution in [2.75, 3.05) is 7.05 Å². The lowest BCUT2D eigenvalue weighted by molar-refractivity contribution is -0.384. The summed E-state index contributed by atoms with van der Waals surface area (Å²) in [6.45, 7) is 0. The number of carbonyl (C=O) groups excluding carboxylic acids is 1. The zero-order chi connectivity index (χ0) is 19.7. The Morgan fingerprint density at radius 2 is 2.00 bits per heavy atom. The number of carbonyl (C=O) groups is 1. The van der Waals surface area contributed by atoms with Crippen LogP contribution in [0.4, 0.5) is 20.2 Å². The van der Waals surface area contributed by atoms with Crippen molar-refractivity contribution in [1.29, 1.82) is 0 Å². The molecule has 1 amide bonds. The number of amidine groups is 1. The third-order valence-electron chi connectivity index (χ3n) is 3.59. The molecule has 0 radical (unpaired) electrons. The van der Waals surface area contributed by atoms with Crippen LogP contribution in [0.2, 0.25) is 5.02 Å². The lowest BCUT2D eigenvalue weighted by atomic mass is 10.2. The van der Waals surface area contributed by atoms with E-state index in [9.17, 15) is 23.7 Å². The Morgan fingerprint density at radius 3 is 2.67 bits per heavy atom. The number of hydrogen-bond donors (Lipinski definition) is 0. The summed E-state index contributed by atoms with van der Waals surface area (Å²) in [5.74, 6) is -1.99. The normalized spacial score (nSPS) is 17.2. The molecule has 1 aliphatic heterocycles. The van der Waals surface area contributed by atoms with Crippen molar-refractivity contribution in [2.24, 2.45) is 4.99 Å². The Morgan fingerprint density at radius 1 is 1.26 bits per heavy atom. The van der Waals surface area contributed by atoms with Crippen LogP contribution < -0.4 is 0 Å². The van der Waals surface area contributed by atoms with E-state index >= 15 is 0 Å². The van der Waals surface area contributed by atoms with E-state index in [2.05, 4.69) is 4.99 Å². The van der Waals surface area contributed by atoms with E-state index in [0.717, 1.165) is 17.8 Å². The molecule has 10 heteroatoms. The van der Waals surface area contributed by atoms with Gasteiger partial charge in [0.15, 0.2) is 11.0 Å². The minimum Gasteiger partial charge on any atom is -0.290 e. The third-order valence-corrected chi connectivity index (χ3v) is 4.97. The summed E-state index contributed by atoms with van der Waals surface area (Å²) in [6.07, 6.45) is 1.45. The molecule has 0 unspecified atom stereocenters. The number of nitro benzene ring substituents is 1. The minimum absolute atomic E-state index is 0.0151. The number of amides is 1. The lowest BCUT2D eigenvalue weighted by Gasteiger charge is -2.07. The first-order valence-corrected chi connectivity index (χ1v) is 8.61. The largest absolute Gasteiger partial charge is 0.290 e. The molecule has 0 aliphatic carbocycles. The van der Waals surface area contributed by atoms with Gasteiger partial charge in [-0.15, -0.1) is 0 Å². The molecule has 0 saturated carbocycles. The second-order valence-electron chi connectivity index (χ2n) is 5.43. The van der Waals surface area contributed by atoms with E-state index in [-0.39, 0.29) is 26.5 Å². The molecule has 27 heavy (non-hydrogen) atoms. The molecule has 1 fully saturated rings. The highest BCUT2D eigenvalue weighted by atomic mass is 35.5. The number of rotatable bonds is 3. The zero-order valence-electron chi connectivity index (χ0n) is 13.6. The molecular formula is C17H10ClF2N3O3S. The Kier molecular flexibility index (Phi) is 5.24. The average Bonchev–Trinajstić information content (AvgIpc) is 2.87. The van der Waals surface area contributed by atoms with E-state index in [1.807, 2.05) is 0 Å². The van der Waals surface area contributed by atoms with E-state index in [0.29, 0.717) is 11.6 Å². The van der Waals surface area contributed by atoms with Gasteiger partial charge in [0.2, 0.25) is 0 Å². The summed E-state index contributed by atoms with van der Waals surface area (Å²) in [7, 11) is 1.46. The van der Waals surface area contributed by atoms with E-state index < -0.39 is 22.5 Å². The van der Waals surface area contributed by atoms with Crippen molar-refractivity contribution in [2.45, 2.75) is 0 Å². The molecular weight excluding hydrogens is 400 g/mol. The minimum atomic E-state index is -0.852. The van der Waals surface area contributed by atoms with Crippen LogP contribution in [-0.4, -0.2) is 27.9 Å². The molecule has 0 atom stereocenters. The smallest absolute Gasteiger partial charge is 0.288 e. The van der Waals surface area contributed by atoms with Crippen molar-refractivity contribution in [3.05, 3.63) is 73.6 Å². The number of thioether (sulfide) groups is 1. The molecule has 0 spiro atoms. The second kappa shape index (κ2) is 7.45. The van der Waals surface area contributed by atoms with Crippen LogP contribution in [0.1, 0.15) is 5.56 Å². The van der Waals surface area contributed by atoms with Gasteiger partial charge in [0.1, 0.15) is 16.5 Å². The van der Waals surface area contributed by atoms with Crippen LogP contribution in [0.25, 0.3) is 6.08 Å². The molecule has 6 nitrogen and oxygen atoms in total. The van der Waals surface area contributed by atoms with Crippen LogP contribution in [0, 0.1) is 21.7 Å². The van der Waals surface area contributed by atoms with Gasteiger partial charge in [0, 0.05) is 19.2 Å². The van der Waals surface area contributed by atoms with E-state index in [1.165, 1.54) is 42.3 Å². The fourth-order valence-electron chi connectivity index (χ4n) is 2.24. The lowest BCUT2D eigenvalue weighted by Crippen LogP contribution is -2.23. The molecule has 138 valence electrons. The highest BCUT2D eigenvalue weighted by Gasteiger charge is 2.30. The van der Waals surface area contributed by atoms with Crippen LogP contribution in [0.15, 0.2) is 46.3 Å². The van der Waals surface area contributed by atoms with Gasteiger partial charge in [-0.05, 0) is 41.6 Å². The van der Waals surface area contributed by atoms with Gasteiger partial charge in [-0.2, -0.15) is 0 Å². The first-order valence-electron chi connectivity index (χ1n) is 7.41. The highest BCUT2D eigenvalue weighted by molar-refractivity contribution is 8.18. The van der Waals surface area contributed by atoms with E-state index in [4.69, 9.17) is 11.6 Å². The number of nitro groups is 1. The van der Waals surface area contributed by atoms with Gasteiger partial charge < -0.3 is 0 Å². The van der Waals surface area contributed by atoms with Crippen LogP contribution in [0.5, 0.6) is 0 Å². The molecule has 3 rings (SSSR count). The maximum Gasteiger partial charge on any atom is 0.288 e. The molecule has 2 aromatic carbocycles. The molecule has 0 bridgehead atoms. The third kappa shape index (κ3) is 3.99. The Labute approximate surface area is 161 Å². The predicted octanol–water partition coefficient (Wildman–Crippen LogP) is 4.76. The Bertz CT molecular complexity index is 1030. The molecule has 1 heterocycles. The maximum absolute atomic E-state index is 13.8. The molecule has 1 saturated heterocycles. The predicted molar refractivity (Wildman–Crippen MR) is 99.9 cm³/mol. The quantitative estimate of drug-likeness (QED) is 0.416. The first kappa shape index (κ1) is 19.0. The molecule has 0 aromatic heterocycles. The van der Waals surface area contributed by atoms with Crippen LogP contribution >= 0.6 is 23.4 Å². The number of hydrogen-bond acceptors (Lipinski definition) is 5. The summed E-state index contributed by atoms with van der Waals surface area (Å²) in [5, 5.41) is 11.2. The summed E-state index contributed by atoms with van der Waals surface area (Å²) in [4.78, 5) is 28.2. The Hall–Kier alpha value is -2.78. The van der Waals surface area contributed by atoms with Gasteiger partial charge >= 0.3 is 0 Å². The topological polar surface area (TPSA) is 75.8 Å². The standard InChI is InChI=1S/C17H10ClF2N3O3S/c1-22-16(24)15(7-9-2-4-11(18)14(6-9)23(25)26)27-17(22)21-13-5-3-10(19)8-12(13)20/h2-8H,1H3/b15-7+,21-17?. The number of halogens is 3. The summed E-state index contributed by atoms with van der Waals surface area (Å²) >= 11 is 6.75. The van der Waals surface area contributed by atoms with Crippen molar-refractivity contribution in [3.8, 4) is 0 Å². The fourth-order valence-corrected chi connectivity index (χ4v) is 3.40. The van der Waals surface area contributed by atoms with Gasteiger partial charge in [0.05, 0.1) is 9.83 Å². The summed E-state index contributed by atoms with van der Waals surface area (Å²) in [6, 6.07) is 7.07. The van der Waals surface area contributed by atoms with Gasteiger partial charge in [-0.25, -0.2) is 13.8 Å². The second-order valence-corrected chi connectivity index (χ2v) is 6.85. The SMILES string of the molecule is CN1C(=O)/C(=C\c2ccc(Cl)c([N+](=O)[O-])c2)SC1=Nc1ccc(F)cc1F. The highest BCUT2D eigenvalue weighted by Crippen LogP contribution is 2.35. The van der Waals surface area contributed by atoms with Crippen molar-refractivity contribution in [1.82, 2.24) is 4.90 Å². The molecule has 1 aliphatic rings. The number of aliphatic imine (C=N–C) groups is 1. The summed E-state index contributed by atoms with van der Waals surface area (Å²) < 4.78 is 26.8.